The van der Waals surface area contributed by atoms with Crippen molar-refractivity contribution in [2.45, 2.75) is 72.3 Å². The second-order valence-electron chi connectivity index (χ2n) is 5.90. The summed E-state index contributed by atoms with van der Waals surface area (Å²) in [5, 5.41) is 3.18. The lowest BCUT2D eigenvalue weighted by Crippen LogP contribution is -2.36. The number of hydrogen-bond donors (Lipinski definition) is 1. The first-order chi connectivity index (χ1) is 8.08. The van der Waals surface area contributed by atoms with E-state index in [1.807, 2.05) is 0 Å². The van der Waals surface area contributed by atoms with Crippen LogP contribution in [0.4, 0.5) is 0 Å². The SMILES string of the molecule is CCC[C@H](C)C(C[C@@H](C)CC)C(=O)NC1CC1. The fourth-order valence-electron chi connectivity index (χ4n) is 2.39. The van der Waals surface area contributed by atoms with Gasteiger partial charge in [-0.05, 0) is 31.1 Å². The van der Waals surface area contributed by atoms with Gasteiger partial charge in [0.1, 0.15) is 0 Å². The monoisotopic (exact) mass is 239 g/mol. The number of carbonyl (C=O) groups excluding carboxylic acids is 1. The molecule has 0 heterocycles. The zero-order valence-electron chi connectivity index (χ0n) is 12.0. The van der Waals surface area contributed by atoms with Crippen LogP contribution < -0.4 is 5.32 Å². The zero-order valence-corrected chi connectivity index (χ0v) is 12.0. The highest BCUT2D eigenvalue weighted by Gasteiger charge is 2.30. The van der Waals surface area contributed by atoms with E-state index in [-0.39, 0.29) is 5.92 Å². The van der Waals surface area contributed by atoms with Crippen LogP contribution in [-0.4, -0.2) is 11.9 Å². The molecule has 0 saturated heterocycles. The molecule has 1 aliphatic carbocycles. The topological polar surface area (TPSA) is 29.1 Å². The van der Waals surface area contributed by atoms with Crippen LogP contribution in [0, 0.1) is 17.8 Å². The Morgan fingerprint density at radius 2 is 1.94 bits per heavy atom. The van der Waals surface area contributed by atoms with Gasteiger partial charge in [-0.25, -0.2) is 0 Å². The van der Waals surface area contributed by atoms with Crippen LogP contribution >= 0.6 is 0 Å². The van der Waals surface area contributed by atoms with Crippen molar-refractivity contribution in [2.75, 3.05) is 0 Å². The lowest BCUT2D eigenvalue weighted by atomic mass is 9.82. The van der Waals surface area contributed by atoms with Crippen molar-refractivity contribution in [2.24, 2.45) is 17.8 Å². The van der Waals surface area contributed by atoms with Crippen LogP contribution in [0.25, 0.3) is 0 Å². The summed E-state index contributed by atoms with van der Waals surface area (Å²) in [6.45, 7) is 8.92. The zero-order chi connectivity index (χ0) is 12.8. The van der Waals surface area contributed by atoms with E-state index in [1.54, 1.807) is 0 Å². The van der Waals surface area contributed by atoms with Crippen LogP contribution in [-0.2, 0) is 4.79 Å². The fraction of sp³-hybridized carbons (Fsp3) is 0.933. The summed E-state index contributed by atoms with van der Waals surface area (Å²) in [5.41, 5.74) is 0. The molecule has 0 aromatic carbocycles. The van der Waals surface area contributed by atoms with Crippen molar-refractivity contribution in [1.29, 1.82) is 0 Å². The van der Waals surface area contributed by atoms with Crippen LogP contribution in [0.3, 0.4) is 0 Å². The van der Waals surface area contributed by atoms with Gasteiger partial charge in [0.05, 0.1) is 0 Å². The van der Waals surface area contributed by atoms with Crippen LogP contribution in [0.2, 0.25) is 0 Å². The average Bonchev–Trinajstić information content (AvgIpc) is 3.09. The van der Waals surface area contributed by atoms with E-state index in [4.69, 9.17) is 0 Å². The summed E-state index contributed by atoms with van der Waals surface area (Å²) >= 11 is 0. The summed E-state index contributed by atoms with van der Waals surface area (Å²) in [5.74, 6) is 1.72. The van der Waals surface area contributed by atoms with E-state index in [1.165, 1.54) is 32.1 Å². The lowest BCUT2D eigenvalue weighted by molar-refractivity contribution is -0.127. The molecule has 1 unspecified atom stereocenters. The molecule has 100 valence electrons. The molecule has 1 N–H and O–H groups in total. The van der Waals surface area contributed by atoms with Gasteiger partial charge in [0.25, 0.3) is 0 Å². The largest absolute Gasteiger partial charge is 0.353 e. The molecular formula is C15H29NO. The third-order valence-corrected chi connectivity index (χ3v) is 4.04. The third-order valence-electron chi connectivity index (χ3n) is 4.04. The second-order valence-corrected chi connectivity index (χ2v) is 5.90. The van der Waals surface area contributed by atoms with Crippen LogP contribution in [0.15, 0.2) is 0 Å². The average molecular weight is 239 g/mol. The summed E-state index contributed by atoms with van der Waals surface area (Å²) in [6, 6.07) is 0.496. The first-order valence-electron chi connectivity index (χ1n) is 7.38. The normalized spacial score (nSPS) is 20.7. The minimum Gasteiger partial charge on any atom is -0.353 e. The predicted octanol–water partition coefficient (Wildman–Crippen LogP) is 3.75. The molecule has 3 atom stereocenters. The highest BCUT2D eigenvalue weighted by Crippen LogP contribution is 2.27. The van der Waals surface area contributed by atoms with E-state index in [0.717, 1.165) is 6.42 Å². The Bertz CT molecular complexity index is 235. The number of carbonyl (C=O) groups is 1. The van der Waals surface area contributed by atoms with Crippen molar-refractivity contribution in [1.82, 2.24) is 5.32 Å². The maximum atomic E-state index is 12.3. The van der Waals surface area contributed by atoms with E-state index >= 15 is 0 Å². The molecule has 2 heteroatoms. The minimum atomic E-state index is 0.227. The Labute approximate surface area is 107 Å². The number of nitrogens with one attached hydrogen (secondary N) is 1. The van der Waals surface area contributed by atoms with E-state index < -0.39 is 0 Å². The lowest BCUT2D eigenvalue weighted by Gasteiger charge is -2.25. The molecule has 1 aliphatic rings. The Hall–Kier alpha value is -0.530. The smallest absolute Gasteiger partial charge is 0.223 e. The summed E-state index contributed by atoms with van der Waals surface area (Å²) < 4.78 is 0. The molecule has 0 bridgehead atoms. The molecular weight excluding hydrogens is 210 g/mol. The van der Waals surface area contributed by atoms with E-state index in [2.05, 4.69) is 33.0 Å². The van der Waals surface area contributed by atoms with E-state index in [9.17, 15) is 4.79 Å². The number of hydrogen-bond acceptors (Lipinski definition) is 1. The fourth-order valence-corrected chi connectivity index (χ4v) is 2.39. The summed E-state index contributed by atoms with van der Waals surface area (Å²) in [7, 11) is 0. The van der Waals surface area contributed by atoms with Crippen molar-refractivity contribution < 1.29 is 4.79 Å². The minimum absolute atomic E-state index is 0.227. The van der Waals surface area contributed by atoms with E-state index in [0.29, 0.717) is 23.8 Å². The van der Waals surface area contributed by atoms with Crippen molar-refractivity contribution in [3.8, 4) is 0 Å². The van der Waals surface area contributed by atoms with Crippen molar-refractivity contribution in [3.63, 3.8) is 0 Å². The van der Waals surface area contributed by atoms with Crippen molar-refractivity contribution in [3.05, 3.63) is 0 Å². The Kier molecular flexibility index (Phi) is 6.01. The van der Waals surface area contributed by atoms with Gasteiger partial charge in [-0.2, -0.15) is 0 Å². The number of rotatable bonds is 8. The third kappa shape index (κ3) is 5.10. The highest BCUT2D eigenvalue weighted by atomic mass is 16.2. The molecule has 0 radical (unpaired) electrons. The first kappa shape index (κ1) is 14.5. The summed E-state index contributed by atoms with van der Waals surface area (Å²) in [4.78, 5) is 12.3. The summed E-state index contributed by atoms with van der Waals surface area (Å²) in [6.07, 6.45) is 6.93. The van der Waals surface area contributed by atoms with Gasteiger partial charge >= 0.3 is 0 Å². The van der Waals surface area contributed by atoms with Gasteiger partial charge in [0.2, 0.25) is 5.91 Å². The predicted molar refractivity (Wildman–Crippen MR) is 72.8 cm³/mol. The first-order valence-corrected chi connectivity index (χ1v) is 7.38. The van der Waals surface area contributed by atoms with Gasteiger partial charge in [0, 0.05) is 12.0 Å². The molecule has 0 aromatic heterocycles. The van der Waals surface area contributed by atoms with Crippen LogP contribution in [0.1, 0.15) is 66.2 Å². The molecule has 2 nitrogen and oxygen atoms in total. The Morgan fingerprint density at radius 3 is 2.41 bits per heavy atom. The molecule has 17 heavy (non-hydrogen) atoms. The van der Waals surface area contributed by atoms with Crippen molar-refractivity contribution >= 4 is 5.91 Å². The Balaban J connectivity index is 2.52. The van der Waals surface area contributed by atoms with Crippen LogP contribution in [0.5, 0.6) is 0 Å². The molecule has 1 amide bonds. The molecule has 0 spiro atoms. The van der Waals surface area contributed by atoms with Gasteiger partial charge in [-0.3, -0.25) is 4.79 Å². The van der Waals surface area contributed by atoms with Gasteiger partial charge in [-0.1, -0.05) is 47.0 Å². The standard InChI is InChI=1S/C15H29NO/c1-5-7-12(4)14(10-11(3)6-2)15(17)16-13-8-9-13/h11-14H,5-10H2,1-4H3,(H,16,17)/t11-,12-,14?/m0/s1. The molecule has 1 fully saturated rings. The van der Waals surface area contributed by atoms with Gasteiger partial charge in [0.15, 0.2) is 0 Å². The second kappa shape index (κ2) is 7.03. The maximum absolute atomic E-state index is 12.3. The quantitative estimate of drug-likeness (QED) is 0.686. The molecule has 0 aromatic rings. The molecule has 0 aliphatic heterocycles. The number of amides is 1. The maximum Gasteiger partial charge on any atom is 0.223 e. The molecule has 1 saturated carbocycles. The molecule has 1 rings (SSSR count). The van der Waals surface area contributed by atoms with Gasteiger partial charge < -0.3 is 5.32 Å². The van der Waals surface area contributed by atoms with Gasteiger partial charge in [-0.15, -0.1) is 0 Å². The Morgan fingerprint density at radius 1 is 1.29 bits per heavy atom. The highest BCUT2D eigenvalue weighted by molar-refractivity contribution is 5.79.